The number of alkyl halides is 1. The second-order valence-corrected chi connectivity index (χ2v) is 6.70. The van der Waals surface area contributed by atoms with Crippen LogP contribution in [-0.4, -0.2) is 22.1 Å². The summed E-state index contributed by atoms with van der Waals surface area (Å²) in [6.07, 6.45) is 0.896. The molecule has 0 saturated heterocycles. The molecule has 1 aliphatic heterocycles. The Hall–Kier alpha value is -1.17. The number of aliphatic carboxylic acids is 1. The number of carbonyl (C=O) groups excluding carboxylic acids is 1. The van der Waals surface area contributed by atoms with Crippen LogP contribution in [0.3, 0.4) is 0 Å². The van der Waals surface area contributed by atoms with E-state index in [0.29, 0.717) is 6.54 Å². The maximum atomic E-state index is 11.2. The van der Waals surface area contributed by atoms with Crippen LogP contribution >= 0.6 is 11.6 Å². The third-order valence-corrected chi connectivity index (χ3v) is 4.60. The van der Waals surface area contributed by atoms with E-state index in [0.717, 1.165) is 11.1 Å². The van der Waals surface area contributed by atoms with E-state index >= 15 is 0 Å². The first kappa shape index (κ1) is 20.1. The Labute approximate surface area is 174 Å². The van der Waals surface area contributed by atoms with Crippen molar-refractivity contribution in [2.75, 3.05) is 0 Å². The third kappa shape index (κ3) is 4.72. The van der Waals surface area contributed by atoms with Gasteiger partial charge in [-0.3, -0.25) is 4.99 Å². The summed E-state index contributed by atoms with van der Waals surface area (Å²) >= 11 is 6.61. The van der Waals surface area contributed by atoms with E-state index in [9.17, 15) is 9.90 Å². The largest absolute Gasteiger partial charge is 1.00 e. The van der Waals surface area contributed by atoms with Crippen molar-refractivity contribution in [1.82, 2.24) is 4.90 Å². The summed E-state index contributed by atoms with van der Waals surface area (Å²) in [5, 5.41) is 11.2. The summed E-state index contributed by atoms with van der Waals surface area (Å²) in [5.41, 5.74) is 3.19. The van der Waals surface area contributed by atoms with Crippen LogP contribution in [0.1, 0.15) is 29.3 Å². The number of nitrogens with zero attached hydrogens (tertiary/aromatic N) is 2. The van der Waals surface area contributed by atoms with Crippen molar-refractivity contribution >= 4 is 23.8 Å². The minimum absolute atomic E-state index is 0. The van der Waals surface area contributed by atoms with Crippen LogP contribution in [0.2, 0.25) is 0 Å². The fraction of sp³-hybridized carbons (Fsp3) is 0.263. The van der Waals surface area contributed by atoms with Gasteiger partial charge in [0.15, 0.2) is 0 Å². The molecule has 0 radical (unpaired) electrons. The molecule has 2 aromatic carbocycles. The average molecular weight is 365 g/mol. The molecule has 2 atom stereocenters. The van der Waals surface area contributed by atoms with Crippen LogP contribution in [-0.2, 0) is 11.3 Å². The molecule has 2 aromatic rings. The molecule has 124 valence electrons. The molecule has 0 amide bonds. The van der Waals surface area contributed by atoms with Crippen LogP contribution in [0.15, 0.2) is 59.6 Å². The molecular formula is C19H18ClN2NaO2. The molecule has 0 bridgehead atoms. The zero-order chi connectivity index (χ0) is 17.2. The van der Waals surface area contributed by atoms with E-state index in [2.05, 4.69) is 4.99 Å². The van der Waals surface area contributed by atoms with Crippen LogP contribution in [0.4, 0.5) is 0 Å². The second-order valence-electron chi connectivity index (χ2n) is 6.04. The molecule has 2 unspecified atom stereocenters. The van der Waals surface area contributed by atoms with Gasteiger partial charge >= 0.3 is 29.6 Å². The van der Waals surface area contributed by atoms with Gasteiger partial charge in [0.25, 0.3) is 0 Å². The van der Waals surface area contributed by atoms with Gasteiger partial charge in [0.05, 0.1) is 0 Å². The van der Waals surface area contributed by atoms with Gasteiger partial charge in [-0.15, -0.1) is 0 Å². The standard InChI is InChI=1S/C19H19ClN2O2.Na/c1-14-7-9-15(10-8-14)12-22-18(16-5-3-2-4-6-16)21-13-19(22,20)11-17(23)24;/h2-10,13,18H,11-12H2,1H3,(H,23,24);/q;+1/p-1. The first-order valence-electron chi connectivity index (χ1n) is 7.78. The SMILES string of the molecule is Cc1ccc(CN2C(c3ccccc3)N=CC2(Cl)CC(=O)[O-])cc1.[Na+]. The monoisotopic (exact) mass is 364 g/mol. The number of carbonyl (C=O) groups is 1. The predicted octanol–water partition coefficient (Wildman–Crippen LogP) is -0.341. The van der Waals surface area contributed by atoms with Gasteiger partial charge in [0, 0.05) is 25.1 Å². The smallest absolute Gasteiger partial charge is 0.550 e. The number of carboxylic acids is 1. The van der Waals surface area contributed by atoms with E-state index in [1.54, 1.807) is 0 Å². The first-order chi connectivity index (χ1) is 11.5. The van der Waals surface area contributed by atoms with E-state index < -0.39 is 11.0 Å². The summed E-state index contributed by atoms with van der Waals surface area (Å²) in [7, 11) is 0. The zero-order valence-electron chi connectivity index (χ0n) is 14.4. The molecule has 0 fully saturated rings. The maximum Gasteiger partial charge on any atom is 1.00 e. The molecule has 4 nitrogen and oxygen atoms in total. The summed E-state index contributed by atoms with van der Waals surface area (Å²) < 4.78 is 0. The van der Waals surface area contributed by atoms with Gasteiger partial charge in [-0.2, -0.15) is 0 Å². The predicted molar refractivity (Wildman–Crippen MR) is 92.6 cm³/mol. The van der Waals surface area contributed by atoms with Crippen LogP contribution in [0.5, 0.6) is 0 Å². The van der Waals surface area contributed by atoms with Crippen molar-refractivity contribution < 1.29 is 39.5 Å². The van der Waals surface area contributed by atoms with Crippen LogP contribution in [0, 0.1) is 6.92 Å². The minimum atomic E-state index is -1.20. The molecule has 3 rings (SSSR count). The molecular weight excluding hydrogens is 347 g/mol. The number of rotatable bonds is 5. The summed E-state index contributed by atoms with van der Waals surface area (Å²) in [6, 6.07) is 17.8. The third-order valence-electron chi connectivity index (χ3n) is 4.15. The van der Waals surface area contributed by atoms with Crippen molar-refractivity contribution in [2.24, 2.45) is 4.99 Å². The Bertz CT molecular complexity index is 752. The van der Waals surface area contributed by atoms with Crippen molar-refractivity contribution in [1.29, 1.82) is 0 Å². The molecule has 0 saturated carbocycles. The van der Waals surface area contributed by atoms with Gasteiger partial charge in [-0.05, 0) is 18.1 Å². The van der Waals surface area contributed by atoms with E-state index in [4.69, 9.17) is 11.6 Å². The number of hydrogen-bond acceptors (Lipinski definition) is 4. The number of halogens is 1. The fourth-order valence-corrected chi connectivity index (χ4v) is 3.21. The van der Waals surface area contributed by atoms with Crippen molar-refractivity contribution in [3.05, 3.63) is 71.3 Å². The van der Waals surface area contributed by atoms with Crippen molar-refractivity contribution in [2.45, 2.75) is 31.1 Å². The fourth-order valence-electron chi connectivity index (χ4n) is 2.89. The topological polar surface area (TPSA) is 55.7 Å². The Morgan fingerprint density at radius 3 is 2.44 bits per heavy atom. The minimum Gasteiger partial charge on any atom is -0.550 e. The van der Waals surface area contributed by atoms with Crippen LogP contribution < -0.4 is 34.7 Å². The first-order valence-corrected chi connectivity index (χ1v) is 8.16. The van der Waals surface area contributed by atoms with E-state index in [-0.39, 0.29) is 42.1 Å². The number of aliphatic imine (C=N–C) groups is 1. The summed E-state index contributed by atoms with van der Waals surface area (Å²) in [5.74, 6) is -1.20. The number of aryl methyl sites for hydroxylation is 1. The number of hydrogen-bond donors (Lipinski definition) is 0. The molecule has 0 N–H and O–H groups in total. The molecule has 1 aliphatic rings. The van der Waals surface area contributed by atoms with Gasteiger partial charge in [-0.1, -0.05) is 71.8 Å². The molecule has 25 heavy (non-hydrogen) atoms. The zero-order valence-corrected chi connectivity index (χ0v) is 17.1. The molecule has 6 heteroatoms. The molecule has 1 heterocycles. The Kier molecular flexibility index (Phi) is 6.83. The van der Waals surface area contributed by atoms with E-state index in [1.165, 1.54) is 11.8 Å². The Morgan fingerprint density at radius 2 is 1.84 bits per heavy atom. The van der Waals surface area contributed by atoms with Gasteiger partial charge in [-0.25, -0.2) is 4.90 Å². The quantitative estimate of drug-likeness (QED) is 0.414. The van der Waals surface area contributed by atoms with Crippen molar-refractivity contribution in [3.63, 3.8) is 0 Å². The van der Waals surface area contributed by atoms with E-state index in [1.807, 2.05) is 66.4 Å². The van der Waals surface area contributed by atoms with Gasteiger partial charge in [0.2, 0.25) is 0 Å². The number of benzene rings is 2. The summed E-state index contributed by atoms with van der Waals surface area (Å²) in [6.45, 7) is 2.52. The Balaban J connectivity index is 0.00000225. The molecule has 0 spiro atoms. The van der Waals surface area contributed by atoms with Crippen LogP contribution in [0.25, 0.3) is 0 Å². The number of carboxylic acid groups (broad SMARTS) is 1. The maximum absolute atomic E-state index is 11.2. The molecule has 0 aliphatic carbocycles. The van der Waals surface area contributed by atoms with Crippen molar-refractivity contribution in [3.8, 4) is 0 Å². The molecule has 0 aromatic heterocycles. The average Bonchev–Trinajstić information content (AvgIpc) is 2.86. The van der Waals surface area contributed by atoms with Gasteiger partial charge < -0.3 is 9.90 Å². The summed E-state index contributed by atoms with van der Waals surface area (Å²) in [4.78, 5) is 16.4. The second kappa shape index (κ2) is 8.47. The normalized spacial score (nSPS) is 22.6. The Morgan fingerprint density at radius 1 is 1.20 bits per heavy atom. The van der Waals surface area contributed by atoms with Gasteiger partial charge in [0.1, 0.15) is 11.2 Å².